The number of hydrogen-bond acceptors (Lipinski definition) is 6. The third-order valence-corrected chi connectivity index (χ3v) is 6.43. The van der Waals surface area contributed by atoms with Crippen molar-refractivity contribution in [2.45, 2.75) is 19.8 Å². The van der Waals surface area contributed by atoms with Crippen molar-refractivity contribution in [1.82, 2.24) is 9.13 Å². The smallest absolute Gasteiger partial charge is 0.316 e. The summed E-state index contributed by atoms with van der Waals surface area (Å²) in [5.41, 5.74) is 0.431. The van der Waals surface area contributed by atoms with Gasteiger partial charge in [0.15, 0.2) is 0 Å². The molecule has 1 amide bonds. The first-order valence-corrected chi connectivity index (χ1v) is 11.4. The molecular formula is C25H27FN4O5. The molecule has 0 bridgehead atoms. The van der Waals surface area contributed by atoms with Gasteiger partial charge in [-0.15, -0.1) is 0 Å². The van der Waals surface area contributed by atoms with Gasteiger partial charge in [-0.25, -0.2) is 4.39 Å². The van der Waals surface area contributed by atoms with Crippen molar-refractivity contribution in [2.24, 2.45) is 20.0 Å². The summed E-state index contributed by atoms with van der Waals surface area (Å²) in [6, 6.07) is 9.00. The van der Waals surface area contributed by atoms with E-state index in [9.17, 15) is 23.6 Å². The summed E-state index contributed by atoms with van der Waals surface area (Å²) < 4.78 is 21.9. The Kier molecular flexibility index (Phi) is 6.72. The highest BCUT2D eigenvalue weighted by molar-refractivity contribution is 6.07. The lowest BCUT2D eigenvalue weighted by Gasteiger charge is -2.34. The Morgan fingerprint density at radius 1 is 1.03 bits per heavy atom. The molecule has 9 nitrogen and oxygen atoms in total. The summed E-state index contributed by atoms with van der Waals surface area (Å²) in [6.45, 7) is 3.11. The van der Waals surface area contributed by atoms with Gasteiger partial charge >= 0.3 is 17.1 Å². The number of carbonyl (C=O) groups excluding carboxylic acids is 2. The molecule has 1 fully saturated rings. The van der Waals surface area contributed by atoms with Crippen molar-refractivity contribution in [1.29, 1.82) is 0 Å². The Bertz CT molecular complexity index is 1420. The van der Waals surface area contributed by atoms with Gasteiger partial charge in [-0.2, -0.15) is 0 Å². The zero-order chi connectivity index (χ0) is 25.3. The highest BCUT2D eigenvalue weighted by Gasteiger charge is 2.28. The Labute approximate surface area is 200 Å². The Morgan fingerprint density at radius 2 is 1.63 bits per heavy atom. The van der Waals surface area contributed by atoms with Gasteiger partial charge in [0.25, 0.3) is 5.91 Å². The molecule has 1 N–H and O–H groups in total. The van der Waals surface area contributed by atoms with Crippen LogP contribution in [0.2, 0.25) is 0 Å². The minimum Gasteiger partial charge on any atom is -0.466 e. The van der Waals surface area contributed by atoms with Crippen LogP contribution in [-0.4, -0.2) is 40.7 Å². The normalized spacial score (nSPS) is 14.2. The van der Waals surface area contributed by atoms with E-state index < -0.39 is 22.8 Å². The van der Waals surface area contributed by atoms with Crippen LogP contribution in [0.1, 0.15) is 30.1 Å². The first-order chi connectivity index (χ1) is 16.7. The molecule has 0 saturated carbocycles. The van der Waals surface area contributed by atoms with Gasteiger partial charge < -0.3 is 24.1 Å². The molecule has 0 unspecified atom stereocenters. The number of esters is 1. The number of nitrogens with one attached hydrogen (secondary N) is 1. The topological polar surface area (TPSA) is 103 Å². The average molecular weight is 483 g/mol. The van der Waals surface area contributed by atoms with Gasteiger partial charge in [0.2, 0.25) is 0 Å². The van der Waals surface area contributed by atoms with E-state index in [0.717, 1.165) is 0 Å². The van der Waals surface area contributed by atoms with E-state index in [-0.39, 0.29) is 17.5 Å². The Morgan fingerprint density at radius 3 is 2.23 bits per heavy atom. The standard InChI is InChI=1S/C25H27FN4O5/c1-4-35-25(34)15-9-11-30(12-10-15)19-14-21-20(28(2)23(32)24(33)29(21)3)13-18(19)27-22(31)16-7-5-6-8-17(16)26/h5-8,13-15H,4,9-12H2,1-3H3,(H,27,31). The van der Waals surface area contributed by atoms with E-state index in [4.69, 9.17) is 4.74 Å². The minimum absolute atomic E-state index is 0.117. The van der Waals surface area contributed by atoms with Crippen LogP contribution in [0, 0.1) is 11.7 Å². The molecule has 1 aliphatic heterocycles. The van der Waals surface area contributed by atoms with Gasteiger partial charge in [-0.3, -0.25) is 19.2 Å². The first kappa shape index (κ1) is 24.2. The lowest BCUT2D eigenvalue weighted by atomic mass is 9.96. The molecular weight excluding hydrogens is 455 g/mol. The Hall–Kier alpha value is -3.95. The first-order valence-electron chi connectivity index (χ1n) is 11.4. The SMILES string of the molecule is CCOC(=O)C1CCN(c2cc3c(cc2NC(=O)c2ccccc2F)n(C)c(=O)c(=O)n3C)CC1. The second kappa shape index (κ2) is 9.73. The van der Waals surface area contributed by atoms with E-state index in [1.165, 1.54) is 41.4 Å². The van der Waals surface area contributed by atoms with Gasteiger partial charge in [0.05, 0.1) is 40.5 Å². The number of aromatic nitrogens is 2. The zero-order valence-corrected chi connectivity index (χ0v) is 19.8. The molecule has 0 atom stereocenters. The molecule has 0 aliphatic carbocycles. The van der Waals surface area contributed by atoms with E-state index in [0.29, 0.717) is 54.9 Å². The summed E-state index contributed by atoms with van der Waals surface area (Å²) in [7, 11) is 3.00. The third kappa shape index (κ3) is 4.55. The van der Waals surface area contributed by atoms with Crippen LogP contribution in [0.25, 0.3) is 11.0 Å². The van der Waals surface area contributed by atoms with Crippen molar-refractivity contribution in [3.8, 4) is 0 Å². The third-order valence-electron chi connectivity index (χ3n) is 6.43. The van der Waals surface area contributed by atoms with E-state index in [1.54, 1.807) is 25.1 Å². The summed E-state index contributed by atoms with van der Waals surface area (Å²) in [5.74, 6) is -1.73. The molecule has 1 aliphatic rings. The van der Waals surface area contributed by atoms with Crippen molar-refractivity contribution in [3.05, 3.63) is 68.5 Å². The van der Waals surface area contributed by atoms with Crippen molar-refractivity contribution >= 4 is 34.3 Å². The maximum Gasteiger partial charge on any atom is 0.316 e. The van der Waals surface area contributed by atoms with Gasteiger partial charge in [0.1, 0.15) is 5.82 Å². The van der Waals surface area contributed by atoms with Crippen LogP contribution in [0.15, 0.2) is 46.0 Å². The van der Waals surface area contributed by atoms with Crippen LogP contribution in [0.3, 0.4) is 0 Å². The molecule has 1 saturated heterocycles. The van der Waals surface area contributed by atoms with Gasteiger partial charge in [-0.05, 0) is 44.0 Å². The fourth-order valence-corrected chi connectivity index (χ4v) is 4.42. The number of aryl methyl sites for hydroxylation is 2. The van der Waals surface area contributed by atoms with Crippen molar-refractivity contribution in [2.75, 3.05) is 29.9 Å². The van der Waals surface area contributed by atoms with Crippen LogP contribution in [0.4, 0.5) is 15.8 Å². The number of anilines is 2. The minimum atomic E-state index is -0.700. The maximum atomic E-state index is 14.2. The maximum absolute atomic E-state index is 14.2. The molecule has 184 valence electrons. The highest BCUT2D eigenvalue weighted by Crippen LogP contribution is 2.34. The lowest BCUT2D eigenvalue weighted by Crippen LogP contribution is -2.40. The van der Waals surface area contributed by atoms with Crippen molar-refractivity contribution < 1.29 is 18.7 Å². The van der Waals surface area contributed by atoms with Crippen LogP contribution >= 0.6 is 0 Å². The molecule has 0 radical (unpaired) electrons. The number of ether oxygens (including phenoxy) is 1. The number of carbonyl (C=O) groups is 2. The monoisotopic (exact) mass is 482 g/mol. The number of nitrogens with zero attached hydrogens (tertiary/aromatic N) is 3. The summed E-state index contributed by atoms with van der Waals surface area (Å²) in [6.07, 6.45) is 1.12. The highest BCUT2D eigenvalue weighted by atomic mass is 19.1. The predicted molar refractivity (Wildman–Crippen MR) is 130 cm³/mol. The second-order valence-corrected chi connectivity index (χ2v) is 8.53. The number of amides is 1. The molecule has 10 heteroatoms. The van der Waals surface area contributed by atoms with E-state index >= 15 is 0 Å². The molecule has 0 spiro atoms. The summed E-state index contributed by atoms with van der Waals surface area (Å²) >= 11 is 0. The molecule has 2 aromatic carbocycles. The molecule has 4 rings (SSSR count). The fraction of sp³-hybridized carbons (Fsp3) is 0.360. The number of rotatable bonds is 5. The number of piperidine rings is 1. The van der Waals surface area contributed by atoms with Crippen LogP contribution in [0.5, 0.6) is 0 Å². The molecule has 35 heavy (non-hydrogen) atoms. The van der Waals surface area contributed by atoms with E-state index in [2.05, 4.69) is 5.32 Å². The summed E-state index contributed by atoms with van der Waals surface area (Å²) in [4.78, 5) is 51.9. The van der Waals surface area contributed by atoms with E-state index in [1.807, 2.05) is 4.90 Å². The number of halogens is 1. The van der Waals surface area contributed by atoms with Crippen LogP contribution in [-0.2, 0) is 23.6 Å². The van der Waals surface area contributed by atoms with Crippen molar-refractivity contribution in [3.63, 3.8) is 0 Å². The largest absolute Gasteiger partial charge is 0.466 e. The summed E-state index contributed by atoms with van der Waals surface area (Å²) in [5, 5.41) is 2.78. The molecule has 1 aromatic heterocycles. The Balaban J connectivity index is 1.78. The fourth-order valence-electron chi connectivity index (χ4n) is 4.42. The zero-order valence-electron chi connectivity index (χ0n) is 19.8. The average Bonchev–Trinajstić information content (AvgIpc) is 2.86. The molecule has 2 heterocycles. The number of benzene rings is 2. The number of fused-ring (bicyclic) bond motifs is 1. The molecule has 3 aromatic rings. The predicted octanol–water partition coefficient (Wildman–Crippen LogP) is 2.41. The van der Waals surface area contributed by atoms with Gasteiger partial charge in [0, 0.05) is 27.2 Å². The van der Waals surface area contributed by atoms with Crippen LogP contribution < -0.4 is 21.3 Å². The second-order valence-electron chi connectivity index (χ2n) is 8.53. The number of hydrogen-bond donors (Lipinski definition) is 1. The quantitative estimate of drug-likeness (QED) is 0.443. The lowest BCUT2D eigenvalue weighted by molar-refractivity contribution is -0.148. The van der Waals surface area contributed by atoms with Gasteiger partial charge in [-0.1, -0.05) is 12.1 Å².